The molecule has 0 radical (unpaired) electrons. The van der Waals surface area contributed by atoms with Gasteiger partial charge in [0, 0.05) is 10.0 Å². The number of nitrogens with two attached hydrogens (primary N) is 1. The van der Waals surface area contributed by atoms with Gasteiger partial charge in [-0.25, -0.2) is 5.43 Å². The fourth-order valence-corrected chi connectivity index (χ4v) is 2.95. The highest BCUT2D eigenvalue weighted by atomic mass is 35.5. The molecule has 1 atom stereocenters. The number of rotatable bonds is 4. The molecule has 1 aromatic carbocycles. The van der Waals surface area contributed by atoms with Gasteiger partial charge in [-0.2, -0.15) is 0 Å². The second kappa shape index (κ2) is 5.95. The second-order valence-corrected chi connectivity index (χ2v) is 5.33. The summed E-state index contributed by atoms with van der Waals surface area (Å²) < 4.78 is 3.96. The number of nitrogens with one attached hydrogen (secondary N) is 1. The smallest absolute Gasteiger partial charge is 0.0852 e. The Labute approximate surface area is 119 Å². The van der Waals surface area contributed by atoms with Crippen LogP contribution >= 0.6 is 34.7 Å². The summed E-state index contributed by atoms with van der Waals surface area (Å²) >= 11 is 13.5. The van der Waals surface area contributed by atoms with E-state index in [0.29, 0.717) is 10.0 Å². The van der Waals surface area contributed by atoms with Gasteiger partial charge in [0.15, 0.2) is 0 Å². The van der Waals surface area contributed by atoms with E-state index in [2.05, 4.69) is 15.0 Å². The van der Waals surface area contributed by atoms with Crippen LogP contribution < -0.4 is 11.3 Å². The summed E-state index contributed by atoms with van der Waals surface area (Å²) in [5.74, 6) is 5.64. The van der Waals surface area contributed by atoms with Crippen LogP contribution in [0.5, 0.6) is 0 Å². The highest BCUT2D eigenvalue weighted by molar-refractivity contribution is 7.05. The number of halogens is 2. The highest BCUT2D eigenvalue weighted by Crippen LogP contribution is 2.32. The monoisotopic (exact) mass is 302 g/mol. The molecule has 2 aromatic rings. The van der Waals surface area contributed by atoms with Crippen molar-refractivity contribution < 1.29 is 0 Å². The van der Waals surface area contributed by atoms with E-state index >= 15 is 0 Å². The van der Waals surface area contributed by atoms with E-state index in [4.69, 9.17) is 29.0 Å². The van der Waals surface area contributed by atoms with Gasteiger partial charge in [-0.05, 0) is 41.7 Å². The molecule has 0 saturated heterocycles. The molecular weight excluding hydrogens is 291 g/mol. The number of nitrogens with zero attached hydrogens (tertiary/aromatic N) is 2. The van der Waals surface area contributed by atoms with Gasteiger partial charge in [-0.1, -0.05) is 34.6 Å². The van der Waals surface area contributed by atoms with Crippen molar-refractivity contribution in [3.63, 3.8) is 0 Å². The SMILES string of the molecule is CCc1nnsc1C(NN)c1cc(Cl)ccc1Cl. The third-order valence-electron chi connectivity index (χ3n) is 2.62. The van der Waals surface area contributed by atoms with E-state index in [1.54, 1.807) is 18.2 Å². The van der Waals surface area contributed by atoms with Crippen molar-refractivity contribution in [2.24, 2.45) is 5.84 Å². The first-order chi connectivity index (χ1) is 8.67. The molecule has 96 valence electrons. The largest absolute Gasteiger partial charge is 0.271 e. The van der Waals surface area contributed by atoms with Crippen LogP contribution in [0.2, 0.25) is 10.0 Å². The molecule has 1 heterocycles. The molecule has 0 bridgehead atoms. The van der Waals surface area contributed by atoms with Gasteiger partial charge in [0.2, 0.25) is 0 Å². The first kappa shape index (κ1) is 13.7. The van der Waals surface area contributed by atoms with E-state index in [0.717, 1.165) is 22.6 Å². The minimum atomic E-state index is -0.244. The molecular formula is C11H12Cl2N4S. The van der Waals surface area contributed by atoms with E-state index in [9.17, 15) is 0 Å². The third kappa shape index (κ3) is 2.65. The van der Waals surface area contributed by atoms with Crippen molar-refractivity contribution >= 4 is 34.7 Å². The first-order valence-electron chi connectivity index (χ1n) is 5.39. The van der Waals surface area contributed by atoms with Crippen LogP contribution in [-0.2, 0) is 6.42 Å². The minimum Gasteiger partial charge on any atom is -0.271 e. The average molecular weight is 303 g/mol. The van der Waals surface area contributed by atoms with Crippen molar-refractivity contribution in [1.29, 1.82) is 0 Å². The lowest BCUT2D eigenvalue weighted by Gasteiger charge is -2.17. The van der Waals surface area contributed by atoms with Crippen molar-refractivity contribution in [3.05, 3.63) is 44.4 Å². The lowest BCUT2D eigenvalue weighted by Crippen LogP contribution is -2.29. The Morgan fingerprint density at radius 1 is 1.44 bits per heavy atom. The molecule has 2 rings (SSSR count). The van der Waals surface area contributed by atoms with E-state index < -0.39 is 0 Å². The molecule has 0 aliphatic heterocycles. The van der Waals surface area contributed by atoms with Crippen LogP contribution in [0.25, 0.3) is 0 Å². The fourth-order valence-electron chi connectivity index (χ4n) is 1.72. The van der Waals surface area contributed by atoms with Gasteiger partial charge in [-0.3, -0.25) is 5.84 Å². The van der Waals surface area contributed by atoms with Crippen LogP contribution in [0.4, 0.5) is 0 Å². The van der Waals surface area contributed by atoms with Crippen molar-refractivity contribution in [2.75, 3.05) is 0 Å². The summed E-state index contributed by atoms with van der Waals surface area (Å²) in [6.45, 7) is 2.02. The Balaban J connectivity index is 2.48. The third-order valence-corrected chi connectivity index (χ3v) is 4.03. The van der Waals surface area contributed by atoms with Gasteiger partial charge >= 0.3 is 0 Å². The standard InChI is InChI=1S/C11H12Cl2N4S/c1-2-9-11(18-17-16-9)10(15-14)7-5-6(12)3-4-8(7)13/h3-5,10,15H,2,14H2,1H3. The molecule has 7 heteroatoms. The van der Waals surface area contributed by atoms with Crippen LogP contribution in [-0.4, -0.2) is 9.59 Å². The predicted octanol–water partition coefficient (Wildman–Crippen LogP) is 2.96. The number of aromatic nitrogens is 2. The van der Waals surface area contributed by atoms with Gasteiger partial charge < -0.3 is 0 Å². The first-order valence-corrected chi connectivity index (χ1v) is 6.92. The zero-order valence-electron chi connectivity index (χ0n) is 9.65. The Kier molecular flexibility index (Phi) is 4.53. The van der Waals surface area contributed by atoms with Gasteiger partial charge in [0.25, 0.3) is 0 Å². The fraction of sp³-hybridized carbons (Fsp3) is 0.273. The van der Waals surface area contributed by atoms with Crippen LogP contribution in [0.3, 0.4) is 0 Å². The quantitative estimate of drug-likeness (QED) is 0.673. The summed E-state index contributed by atoms with van der Waals surface area (Å²) in [6, 6.07) is 5.05. The average Bonchev–Trinajstić information content (AvgIpc) is 2.83. The highest BCUT2D eigenvalue weighted by Gasteiger charge is 2.21. The number of hydrogen-bond acceptors (Lipinski definition) is 5. The second-order valence-electron chi connectivity index (χ2n) is 3.70. The Hall–Kier alpha value is -0.720. The van der Waals surface area contributed by atoms with E-state index in [1.807, 2.05) is 6.92 Å². The minimum absolute atomic E-state index is 0.244. The maximum atomic E-state index is 6.19. The molecule has 0 spiro atoms. The van der Waals surface area contributed by atoms with Gasteiger partial charge in [0.1, 0.15) is 0 Å². The molecule has 1 unspecified atom stereocenters. The Morgan fingerprint density at radius 3 is 2.89 bits per heavy atom. The maximum absolute atomic E-state index is 6.19. The van der Waals surface area contributed by atoms with Crippen molar-refractivity contribution in [3.8, 4) is 0 Å². The van der Waals surface area contributed by atoms with Gasteiger partial charge in [0.05, 0.1) is 16.6 Å². The van der Waals surface area contributed by atoms with Crippen LogP contribution in [0, 0.1) is 0 Å². The Morgan fingerprint density at radius 2 is 2.22 bits per heavy atom. The van der Waals surface area contributed by atoms with E-state index in [1.165, 1.54) is 11.5 Å². The molecule has 1 aromatic heterocycles. The summed E-state index contributed by atoms with van der Waals surface area (Å²) in [4.78, 5) is 0.962. The van der Waals surface area contributed by atoms with Crippen LogP contribution in [0.1, 0.15) is 29.1 Å². The molecule has 0 amide bonds. The summed E-state index contributed by atoms with van der Waals surface area (Å²) in [7, 11) is 0. The zero-order valence-corrected chi connectivity index (χ0v) is 12.0. The summed E-state index contributed by atoms with van der Waals surface area (Å²) in [5, 5.41) is 5.30. The van der Waals surface area contributed by atoms with Crippen molar-refractivity contribution in [2.45, 2.75) is 19.4 Å². The lowest BCUT2D eigenvalue weighted by molar-refractivity contribution is 0.639. The molecule has 3 N–H and O–H groups in total. The molecule has 18 heavy (non-hydrogen) atoms. The summed E-state index contributed by atoms with van der Waals surface area (Å²) in [5.41, 5.74) is 4.49. The molecule has 0 aliphatic carbocycles. The number of hydrazine groups is 1. The predicted molar refractivity (Wildman–Crippen MR) is 74.9 cm³/mol. The summed E-state index contributed by atoms with van der Waals surface area (Å²) in [6.07, 6.45) is 0.794. The molecule has 0 fully saturated rings. The lowest BCUT2D eigenvalue weighted by atomic mass is 10.0. The number of hydrogen-bond donors (Lipinski definition) is 2. The van der Waals surface area contributed by atoms with Crippen LogP contribution in [0.15, 0.2) is 18.2 Å². The van der Waals surface area contributed by atoms with Gasteiger partial charge in [-0.15, -0.1) is 5.10 Å². The molecule has 0 saturated carbocycles. The number of benzene rings is 1. The normalized spacial score (nSPS) is 12.7. The maximum Gasteiger partial charge on any atom is 0.0852 e. The Bertz CT molecular complexity index is 544. The molecule has 0 aliphatic rings. The zero-order chi connectivity index (χ0) is 13.1. The topological polar surface area (TPSA) is 63.8 Å². The van der Waals surface area contributed by atoms with Crippen molar-refractivity contribution in [1.82, 2.24) is 15.0 Å². The van der Waals surface area contributed by atoms with E-state index in [-0.39, 0.29) is 6.04 Å². The molecule has 4 nitrogen and oxygen atoms in total. The number of aryl methyl sites for hydroxylation is 1.